The van der Waals surface area contributed by atoms with Crippen LogP contribution in [0.25, 0.3) is 5.82 Å². The minimum atomic E-state index is -0.375. The van der Waals surface area contributed by atoms with Crippen LogP contribution < -0.4 is 5.32 Å². The minimum absolute atomic E-state index is 0.0842. The number of aliphatic hydroxyl groups excluding tert-OH is 1. The summed E-state index contributed by atoms with van der Waals surface area (Å²) in [7, 11) is 0. The van der Waals surface area contributed by atoms with Crippen LogP contribution in [0.4, 0.5) is 4.79 Å². The van der Waals surface area contributed by atoms with E-state index in [2.05, 4.69) is 15.3 Å². The molecular formula is C17H23N5O2. The van der Waals surface area contributed by atoms with Gasteiger partial charge in [-0.05, 0) is 31.4 Å². The number of aromatic nitrogens is 3. The van der Waals surface area contributed by atoms with E-state index in [-0.39, 0.29) is 18.1 Å². The number of likely N-dealkylation sites (tertiary alicyclic amines) is 1. The first-order valence-corrected chi connectivity index (χ1v) is 8.27. The molecule has 1 fully saturated rings. The molecule has 128 valence electrons. The van der Waals surface area contributed by atoms with E-state index in [0.29, 0.717) is 13.1 Å². The molecule has 2 atom stereocenters. The molecule has 3 rings (SSSR count). The Morgan fingerprint density at radius 3 is 3.04 bits per heavy atom. The number of aliphatic hydroxyl groups is 1. The van der Waals surface area contributed by atoms with Crippen molar-refractivity contribution in [3.8, 4) is 5.82 Å². The summed E-state index contributed by atoms with van der Waals surface area (Å²) in [5, 5.41) is 12.6. The lowest BCUT2D eigenvalue weighted by Crippen LogP contribution is -2.47. The van der Waals surface area contributed by atoms with Crippen LogP contribution >= 0.6 is 0 Å². The van der Waals surface area contributed by atoms with E-state index < -0.39 is 0 Å². The highest BCUT2D eigenvalue weighted by molar-refractivity contribution is 5.74. The summed E-state index contributed by atoms with van der Waals surface area (Å²) in [6.07, 6.45) is 8.52. The van der Waals surface area contributed by atoms with Crippen LogP contribution in [0.15, 0.2) is 37.1 Å². The lowest BCUT2D eigenvalue weighted by atomic mass is 9.94. The highest BCUT2D eigenvalue weighted by Gasteiger charge is 2.26. The number of amides is 2. The number of hydrogen-bond acceptors (Lipinski definition) is 4. The quantitative estimate of drug-likeness (QED) is 0.892. The van der Waals surface area contributed by atoms with Crippen molar-refractivity contribution in [2.75, 3.05) is 13.1 Å². The molecule has 2 aromatic heterocycles. The average Bonchev–Trinajstić information content (AvgIpc) is 3.15. The number of rotatable bonds is 4. The number of urea groups is 1. The van der Waals surface area contributed by atoms with Gasteiger partial charge in [0.25, 0.3) is 0 Å². The third-order valence-corrected chi connectivity index (χ3v) is 4.45. The Morgan fingerprint density at radius 1 is 1.50 bits per heavy atom. The predicted molar refractivity (Wildman–Crippen MR) is 89.6 cm³/mol. The minimum Gasteiger partial charge on any atom is -0.393 e. The van der Waals surface area contributed by atoms with Gasteiger partial charge in [-0.1, -0.05) is 6.07 Å². The van der Waals surface area contributed by atoms with E-state index in [1.54, 1.807) is 30.5 Å². The first-order chi connectivity index (χ1) is 11.6. The molecule has 3 heterocycles. The summed E-state index contributed by atoms with van der Waals surface area (Å²) in [5.74, 6) is 0.957. The molecule has 1 aliphatic heterocycles. The van der Waals surface area contributed by atoms with Gasteiger partial charge in [-0.3, -0.25) is 4.57 Å². The van der Waals surface area contributed by atoms with Crippen molar-refractivity contribution in [3.63, 3.8) is 0 Å². The molecule has 0 saturated carbocycles. The Morgan fingerprint density at radius 2 is 2.38 bits per heavy atom. The van der Waals surface area contributed by atoms with Crippen LogP contribution in [0.1, 0.15) is 25.3 Å². The van der Waals surface area contributed by atoms with Gasteiger partial charge in [-0.2, -0.15) is 0 Å². The molecule has 7 nitrogen and oxygen atoms in total. The fourth-order valence-corrected chi connectivity index (χ4v) is 2.95. The Balaban J connectivity index is 1.52. The van der Waals surface area contributed by atoms with Gasteiger partial charge in [-0.15, -0.1) is 0 Å². The average molecular weight is 329 g/mol. The summed E-state index contributed by atoms with van der Waals surface area (Å²) in [6.45, 7) is 3.58. The molecule has 2 N–H and O–H groups in total. The number of carbonyl (C=O) groups excluding carboxylic acids is 1. The second-order valence-corrected chi connectivity index (χ2v) is 6.24. The molecule has 0 radical (unpaired) electrons. The molecule has 1 saturated heterocycles. The zero-order chi connectivity index (χ0) is 16.9. The summed E-state index contributed by atoms with van der Waals surface area (Å²) < 4.78 is 1.83. The maximum atomic E-state index is 12.3. The van der Waals surface area contributed by atoms with E-state index >= 15 is 0 Å². The Kier molecular flexibility index (Phi) is 5.10. The Labute approximate surface area is 141 Å². The fraction of sp³-hybridized carbons (Fsp3) is 0.471. The maximum Gasteiger partial charge on any atom is 0.317 e. The molecule has 2 amide bonds. The number of imidazole rings is 1. The standard InChI is InChI=1S/C17H23N5O2/c1-13(23)15-3-2-7-21(11-15)17(24)20-10-14-4-5-16(19-9-14)22-8-6-18-12-22/h4-6,8-9,12-13,15,23H,2-3,7,10-11H2,1H3,(H,20,24). The van der Waals surface area contributed by atoms with Crippen LogP contribution in [0.3, 0.4) is 0 Å². The van der Waals surface area contributed by atoms with Gasteiger partial charge in [0.1, 0.15) is 12.1 Å². The SMILES string of the molecule is CC(O)C1CCCN(C(=O)NCc2ccc(-n3ccnc3)nc2)C1. The maximum absolute atomic E-state index is 12.3. The largest absolute Gasteiger partial charge is 0.393 e. The van der Waals surface area contributed by atoms with Crippen molar-refractivity contribution in [1.82, 2.24) is 24.8 Å². The van der Waals surface area contributed by atoms with Gasteiger partial charge in [-0.25, -0.2) is 14.8 Å². The van der Waals surface area contributed by atoms with Crippen LogP contribution in [0.5, 0.6) is 0 Å². The Bertz CT molecular complexity index is 654. The monoisotopic (exact) mass is 329 g/mol. The second kappa shape index (κ2) is 7.44. The van der Waals surface area contributed by atoms with Gasteiger partial charge in [0, 0.05) is 44.1 Å². The van der Waals surface area contributed by atoms with Crippen molar-refractivity contribution in [3.05, 3.63) is 42.6 Å². The van der Waals surface area contributed by atoms with E-state index in [4.69, 9.17) is 0 Å². The number of piperidine rings is 1. The van der Waals surface area contributed by atoms with Crippen LogP contribution in [-0.4, -0.2) is 49.8 Å². The first-order valence-electron chi connectivity index (χ1n) is 8.27. The predicted octanol–water partition coefficient (Wildman–Crippen LogP) is 1.57. The third kappa shape index (κ3) is 3.91. The van der Waals surface area contributed by atoms with Crippen molar-refractivity contribution in [2.24, 2.45) is 5.92 Å². The molecule has 7 heteroatoms. The molecular weight excluding hydrogens is 306 g/mol. The number of nitrogens with zero attached hydrogens (tertiary/aromatic N) is 4. The smallest absolute Gasteiger partial charge is 0.317 e. The van der Waals surface area contributed by atoms with Crippen LogP contribution in [0, 0.1) is 5.92 Å². The number of hydrogen-bond donors (Lipinski definition) is 2. The van der Waals surface area contributed by atoms with Crippen molar-refractivity contribution in [1.29, 1.82) is 0 Å². The normalized spacial score (nSPS) is 19.1. The molecule has 0 spiro atoms. The molecule has 24 heavy (non-hydrogen) atoms. The Hall–Kier alpha value is -2.41. The van der Waals surface area contributed by atoms with Crippen molar-refractivity contribution in [2.45, 2.75) is 32.4 Å². The second-order valence-electron chi connectivity index (χ2n) is 6.24. The van der Waals surface area contributed by atoms with Crippen LogP contribution in [-0.2, 0) is 6.54 Å². The zero-order valence-corrected chi connectivity index (χ0v) is 13.8. The lowest BCUT2D eigenvalue weighted by Gasteiger charge is -2.34. The first kappa shape index (κ1) is 16.4. The summed E-state index contributed by atoms with van der Waals surface area (Å²) in [4.78, 5) is 22.4. The third-order valence-electron chi connectivity index (χ3n) is 4.45. The van der Waals surface area contributed by atoms with Gasteiger partial charge in [0.05, 0.1) is 6.10 Å². The topological polar surface area (TPSA) is 83.3 Å². The molecule has 2 aromatic rings. The highest BCUT2D eigenvalue weighted by Crippen LogP contribution is 2.19. The summed E-state index contributed by atoms with van der Waals surface area (Å²) in [5.41, 5.74) is 0.941. The lowest BCUT2D eigenvalue weighted by molar-refractivity contribution is 0.0738. The summed E-state index contributed by atoms with van der Waals surface area (Å²) >= 11 is 0. The number of carbonyl (C=O) groups is 1. The van der Waals surface area contributed by atoms with Gasteiger partial charge in [0.2, 0.25) is 0 Å². The molecule has 0 bridgehead atoms. The van der Waals surface area contributed by atoms with Gasteiger partial charge >= 0.3 is 6.03 Å². The molecule has 1 aliphatic rings. The van der Waals surface area contributed by atoms with Crippen molar-refractivity contribution < 1.29 is 9.90 Å². The summed E-state index contributed by atoms with van der Waals surface area (Å²) in [6, 6.07) is 3.75. The number of nitrogens with one attached hydrogen (secondary N) is 1. The molecule has 0 aliphatic carbocycles. The molecule has 0 aromatic carbocycles. The zero-order valence-electron chi connectivity index (χ0n) is 13.8. The van der Waals surface area contributed by atoms with E-state index in [1.165, 1.54) is 0 Å². The van der Waals surface area contributed by atoms with E-state index in [0.717, 1.165) is 30.8 Å². The highest BCUT2D eigenvalue weighted by atomic mass is 16.3. The van der Waals surface area contributed by atoms with E-state index in [9.17, 15) is 9.90 Å². The van der Waals surface area contributed by atoms with E-state index in [1.807, 2.05) is 22.9 Å². The fourth-order valence-electron chi connectivity index (χ4n) is 2.95. The molecule has 2 unspecified atom stereocenters. The van der Waals surface area contributed by atoms with Gasteiger partial charge < -0.3 is 15.3 Å². The van der Waals surface area contributed by atoms with Crippen molar-refractivity contribution >= 4 is 6.03 Å². The van der Waals surface area contributed by atoms with Gasteiger partial charge in [0.15, 0.2) is 0 Å². The van der Waals surface area contributed by atoms with Crippen LogP contribution in [0.2, 0.25) is 0 Å². The number of pyridine rings is 1.